The number of carbonyl (C=O) groups is 1. The monoisotopic (exact) mass is 261 g/mol. The molecule has 1 amide bonds. The van der Waals surface area contributed by atoms with Crippen molar-refractivity contribution in [3.8, 4) is 0 Å². The third-order valence-electron chi connectivity index (χ3n) is 3.79. The largest absolute Gasteiger partial charge is 0.341 e. The zero-order valence-electron chi connectivity index (χ0n) is 9.88. The molecular weight excluding hydrogens is 242 g/mol. The molecule has 2 rings (SSSR count). The molecule has 92 valence electrons. The number of nitrogens with zero attached hydrogens (tertiary/aromatic N) is 1. The Labute approximate surface area is 107 Å². The summed E-state index contributed by atoms with van der Waals surface area (Å²) in [4.78, 5) is 14.4. The molecule has 2 saturated heterocycles. The second-order valence-electron chi connectivity index (χ2n) is 5.07. The minimum atomic E-state index is -0.131. The van der Waals surface area contributed by atoms with Crippen molar-refractivity contribution in [3.63, 3.8) is 0 Å². The quantitative estimate of drug-likeness (QED) is 0.713. The molecule has 0 bridgehead atoms. The summed E-state index contributed by atoms with van der Waals surface area (Å²) in [6.07, 6.45) is 4.39. The molecule has 2 fully saturated rings. The number of piperidine rings is 1. The van der Waals surface area contributed by atoms with Crippen LogP contribution in [0.1, 0.15) is 32.6 Å². The van der Waals surface area contributed by atoms with E-state index in [-0.39, 0.29) is 4.75 Å². The summed E-state index contributed by atoms with van der Waals surface area (Å²) in [6, 6.07) is 0. The lowest BCUT2D eigenvalue weighted by Gasteiger charge is -2.36. The molecule has 2 aliphatic heterocycles. The molecule has 1 unspecified atom stereocenters. The predicted molar refractivity (Wildman–Crippen MR) is 70.1 cm³/mol. The summed E-state index contributed by atoms with van der Waals surface area (Å²) in [7, 11) is 0. The highest BCUT2D eigenvalue weighted by atomic mass is 35.5. The van der Waals surface area contributed by atoms with Crippen molar-refractivity contribution in [2.24, 2.45) is 5.92 Å². The lowest BCUT2D eigenvalue weighted by atomic mass is 9.96. The van der Waals surface area contributed by atoms with Gasteiger partial charge in [0.1, 0.15) is 0 Å². The molecule has 0 aromatic heterocycles. The molecule has 0 aliphatic carbocycles. The van der Waals surface area contributed by atoms with Crippen LogP contribution in [-0.2, 0) is 4.79 Å². The Kier molecular flexibility index (Phi) is 4.06. The minimum absolute atomic E-state index is 0.131. The van der Waals surface area contributed by atoms with E-state index in [2.05, 4.69) is 11.8 Å². The van der Waals surface area contributed by atoms with Crippen molar-refractivity contribution < 1.29 is 4.79 Å². The zero-order valence-corrected chi connectivity index (χ0v) is 11.4. The van der Waals surface area contributed by atoms with Gasteiger partial charge in [-0.15, -0.1) is 23.4 Å². The van der Waals surface area contributed by atoms with Gasteiger partial charge in [0.05, 0.1) is 4.75 Å². The van der Waals surface area contributed by atoms with Crippen molar-refractivity contribution in [1.29, 1.82) is 0 Å². The molecule has 4 heteroatoms. The highest BCUT2D eigenvalue weighted by molar-refractivity contribution is 8.01. The van der Waals surface area contributed by atoms with Gasteiger partial charge in [0, 0.05) is 19.0 Å². The van der Waals surface area contributed by atoms with Crippen LogP contribution in [0, 0.1) is 5.92 Å². The van der Waals surface area contributed by atoms with Crippen molar-refractivity contribution >= 4 is 29.3 Å². The SMILES string of the molecule is CC1(C(=O)N2CCC(CCl)CC2)CCCS1. The summed E-state index contributed by atoms with van der Waals surface area (Å²) >= 11 is 7.69. The molecular formula is C12H20ClNOS. The minimum Gasteiger partial charge on any atom is -0.341 e. The van der Waals surface area contributed by atoms with E-state index in [9.17, 15) is 4.79 Å². The van der Waals surface area contributed by atoms with Crippen molar-refractivity contribution in [2.45, 2.75) is 37.4 Å². The molecule has 16 heavy (non-hydrogen) atoms. The van der Waals surface area contributed by atoms with Gasteiger partial charge < -0.3 is 4.90 Å². The summed E-state index contributed by atoms with van der Waals surface area (Å²) in [6.45, 7) is 3.93. The average molecular weight is 262 g/mol. The van der Waals surface area contributed by atoms with Crippen LogP contribution in [0.5, 0.6) is 0 Å². The molecule has 1 atom stereocenters. The van der Waals surface area contributed by atoms with E-state index in [1.807, 2.05) is 11.8 Å². The van der Waals surface area contributed by atoms with Gasteiger partial charge >= 0.3 is 0 Å². The Hall–Kier alpha value is 0.110. The fourth-order valence-corrected chi connectivity index (χ4v) is 4.16. The molecule has 2 aliphatic rings. The van der Waals surface area contributed by atoms with Crippen molar-refractivity contribution in [2.75, 3.05) is 24.7 Å². The number of likely N-dealkylation sites (tertiary alicyclic amines) is 1. The first-order valence-corrected chi connectivity index (χ1v) is 7.67. The van der Waals surface area contributed by atoms with E-state index in [0.29, 0.717) is 11.8 Å². The van der Waals surface area contributed by atoms with Gasteiger partial charge in [-0.1, -0.05) is 0 Å². The van der Waals surface area contributed by atoms with Crippen LogP contribution in [0.3, 0.4) is 0 Å². The molecule has 2 nitrogen and oxygen atoms in total. The van der Waals surface area contributed by atoms with E-state index in [1.54, 1.807) is 0 Å². The molecule has 2 heterocycles. The van der Waals surface area contributed by atoms with Crippen LogP contribution in [0.4, 0.5) is 0 Å². The number of rotatable bonds is 2. The summed E-state index contributed by atoms with van der Waals surface area (Å²) in [5.41, 5.74) is 0. The van der Waals surface area contributed by atoms with E-state index in [1.165, 1.54) is 6.42 Å². The Morgan fingerprint density at radius 3 is 2.69 bits per heavy atom. The number of thioether (sulfide) groups is 1. The topological polar surface area (TPSA) is 20.3 Å². The van der Waals surface area contributed by atoms with Crippen LogP contribution in [-0.4, -0.2) is 40.3 Å². The van der Waals surface area contributed by atoms with Crippen LogP contribution in [0.25, 0.3) is 0 Å². The van der Waals surface area contributed by atoms with Crippen LogP contribution >= 0.6 is 23.4 Å². The van der Waals surface area contributed by atoms with Gasteiger partial charge in [0.25, 0.3) is 0 Å². The second-order valence-corrected chi connectivity index (χ2v) is 6.98. The Bertz CT molecular complexity index is 258. The third kappa shape index (κ3) is 2.51. The van der Waals surface area contributed by atoms with Crippen LogP contribution < -0.4 is 0 Å². The molecule has 0 spiro atoms. The third-order valence-corrected chi connectivity index (χ3v) is 5.74. The van der Waals surface area contributed by atoms with E-state index < -0.39 is 0 Å². The number of hydrogen-bond donors (Lipinski definition) is 0. The molecule has 0 aromatic carbocycles. The first-order valence-electron chi connectivity index (χ1n) is 6.15. The van der Waals surface area contributed by atoms with Gasteiger partial charge in [0.2, 0.25) is 5.91 Å². The fraction of sp³-hybridized carbons (Fsp3) is 0.917. The second kappa shape index (κ2) is 5.18. The highest BCUT2D eigenvalue weighted by Crippen LogP contribution is 2.39. The predicted octanol–water partition coefficient (Wildman–Crippen LogP) is 2.75. The van der Waals surface area contributed by atoms with Gasteiger partial charge in [-0.3, -0.25) is 4.79 Å². The number of halogens is 1. The van der Waals surface area contributed by atoms with Gasteiger partial charge in [-0.05, 0) is 44.3 Å². The van der Waals surface area contributed by atoms with Gasteiger partial charge in [0.15, 0.2) is 0 Å². The van der Waals surface area contributed by atoms with Crippen molar-refractivity contribution in [1.82, 2.24) is 4.90 Å². The molecule has 0 N–H and O–H groups in total. The van der Waals surface area contributed by atoms with Crippen molar-refractivity contribution in [3.05, 3.63) is 0 Å². The maximum atomic E-state index is 12.4. The Morgan fingerprint density at radius 1 is 1.50 bits per heavy atom. The summed E-state index contributed by atoms with van der Waals surface area (Å²) < 4.78 is -0.131. The number of hydrogen-bond acceptors (Lipinski definition) is 2. The molecule has 0 radical (unpaired) electrons. The number of amides is 1. The van der Waals surface area contributed by atoms with Gasteiger partial charge in [-0.25, -0.2) is 0 Å². The van der Waals surface area contributed by atoms with Crippen LogP contribution in [0.15, 0.2) is 0 Å². The lowest BCUT2D eigenvalue weighted by Crippen LogP contribution is -2.47. The van der Waals surface area contributed by atoms with E-state index >= 15 is 0 Å². The molecule has 0 aromatic rings. The average Bonchev–Trinajstić information content (AvgIpc) is 2.77. The zero-order chi connectivity index (χ0) is 11.6. The van der Waals surface area contributed by atoms with E-state index in [4.69, 9.17) is 11.6 Å². The lowest BCUT2D eigenvalue weighted by molar-refractivity contribution is -0.134. The first kappa shape index (κ1) is 12.6. The maximum absolute atomic E-state index is 12.4. The number of carbonyl (C=O) groups excluding carboxylic acids is 1. The smallest absolute Gasteiger partial charge is 0.238 e. The molecule has 0 saturated carbocycles. The van der Waals surface area contributed by atoms with E-state index in [0.717, 1.165) is 44.0 Å². The Morgan fingerprint density at radius 2 is 2.19 bits per heavy atom. The summed E-state index contributed by atoms with van der Waals surface area (Å²) in [5.74, 6) is 2.87. The number of alkyl halides is 1. The maximum Gasteiger partial charge on any atom is 0.238 e. The highest BCUT2D eigenvalue weighted by Gasteiger charge is 2.40. The summed E-state index contributed by atoms with van der Waals surface area (Å²) in [5, 5.41) is 0. The van der Waals surface area contributed by atoms with Crippen LogP contribution in [0.2, 0.25) is 0 Å². The fourth-order valence-electron chi connectivity index (χ4n) is 2.57. The standard InChI is InChI=1S/C12H20ClNOS/c1-12(5-2-8-16-12)11(15)14-6-3-10(9-13)4-7-14/h10H,2-9H2,1H3. The van der Waals surface area contributed by atoms with Gasteiger partial charge in [-0.2, -0.15) is 0 Å². The normalized spacial score (nSPS) is 32.0. The first-order chi connectivity index (χ1) is 7.65. The Balaban J connectivity index is 1.91.